The third-order valence-corrected chi connectivity index (χ3v) is 9.01. The maximum absolute atomic E-state index is 13.5. The fourth-order valence-electron chi connectivity index (χ4n) is 7.58. The zero-order valence-corrected chi connectivity index (χ0v) is 19.1. The number of carbonyl (C=O) groups is 1. The summed E-state index contributed by atoms with van der Waals surface area (Å²) in [6, 6.07) is 15.1. The first kappa shape index (κ1) is 20.3. The summed E-state index contributed by atoms with van der Waals surface area (Å²) in [6.45, 7) is 3.93. The van der Waals surface area contributed by atoms with Crippen LogP contribution in [0.3, 0.4) is 0 Å². The Morgan fingerprint density at radius 3 is 2.69 bits per heavy atom. The molecule has 2 aromatic carbocycles. The van der Waals surface area contributed by atoms with E-state index < -0.39 is 16.6 Å². The third-order valence-electron chi connectivity index (χ3n) is 9.01. The molecule has 4 aliphatic rings. The molecular formula is C27H31NO4. The van der Waals surface area contributed by atoms with Crippen LogP contribution in [0.5, 0.6) is 11.5 Å². The second-order valence-corrected chi connectivity index (χ2v) is 9.93. The van der Waals surface area contributed by atoms with Gasteiger partial charge < -0.3 is 14.2 Å². The summed E-state index contributed by atoms with van der Waals surface area (Å²) >= 11 is 0. The zero-order valence-electron chi connectivity index (χ0n) is 19.1. The first-order chi connectivity index (χ1) is 15.5. The number of carbonyl (C=O) groups excluding carboxylic acids is 1. The number of hydrogen-bond donors (Lipinski definition) is 0. The summed E-state index contributed by atoms with van der Waals surface area (Å²) in [4.78, 5) is 16.1. The van der Waals surface area contributed by atoms with Crippen LogP contribution in [0.15, 0.2) is 42.5 Å². The van der Waals surface area contributed by atoms with Crippen molar-refractivity contribution in [2.24, 2.45) is 0 Å². The third kappa shape index (κ3) is 2.24. The van der Waals surface area contributed by atoms with E-state index in [1.54, 1.807) is 7.11 Å². The summed E-state index contributed by atoms with van der Waals surface area (Å²) in [7, 11) is 3.52. The van der Waals surface area contributed by atoms with Crippen LogP contribution in [-0.4, -0.2) is 55.2 Å². The molecule has 2 bridgehead atoms. The molecule has 2 aliphatic heterocycles. The van der Waals surface area contributed by atoms with Crippen molar-refractivity contribution < 1.29 is 19.0 Å². The Morgan fingerprint density at radius 1 is 1.12 bits per heavy atom. The number of hydrogen-bond acceptors (Lipinski definition) is 5. The number of benzene rings is 2. The lowest BCUT2D eigenvalue weighted by atomic mass is 9.45. The molecular weight excluding hydrogens is 402 g/mol. The molecule has 6 rings (SSSR count). The maximum atomic E-state index is 13.5. The van der Waals surface area contributed by atoms with Gasteiger partial charge in [0.15, 0.2) is 22.9 Å². The number of Topliss-reactive ketones (excluding diaryl/α,β-unsaturated/α-hetero) is 1. The predicted molar refractivity (Wildman–Crippen MR) is 122 cm³/mol. The van der Waals surface area contributed by atoms with Gasteiger partial charge in [-0.25, -0.2) is 0 Å². The van der Waals surface area contributed by atoms with E-state index in [0.717, 1.165) is 50.3 Å². The molecule has 2 aliphatic carbocycles. The molecule has 32 heavy (non-hydrogen) atoms. The normalized spacial score (nSPS) is 34.7. The van der Waals surface area contributed by atoms with Gasteiger partial charge in [0.05, 0.1) is 18.1 Å². The summed E-state index contributed by atoms with van der Waals surface area (Å²) in [5, 5.41) is 0. The quantitative estimate of drug-likeness (QED) is 0.720. The molecule has 1 unspecified atom stereocenters. The molecule has 5 heteroatoms. The summed E-state index contributed by atoms with van der Waals surface area (Å²) in [5.41, 5.74) is 1.96. The highest BCUT2D eigenvalue weighted by Crippen LogP contribution is 2.69. The van der Waals surface area contributed by atoms with Gasteiger partial charge in [-0.1, -0.05) is 36.4 Å². The first-order valence-corrected chi connectivity index (χ1v) is 11.8. The van der Waals surface area contributed by atoms with Crippen LogP contribution in [-0.2, 0) is 27.8 Å². The van der Waals surface area contributed by atoms with Crippen molar-refractivity contribution >= 4 is 5.78 Å². The Bertz CT molecular complexity index is 1080. The van der Waals surface area contributed by atoms with E-state index in [1.807, 2.05) is 20.1 Å². The minimum atomic E-state index is -0.919. The Balaban J connectivity index is 1.49. The van der Waals surface area contributed by atoms with Crippen LogP contribution in [0.25, 0.3) is 0 Å². The lowest BCUT2D eigenvalue weighted by molar-refractivity contribution is -0.220. The summed E-state index contributed by atoms with van der Waals surface area (Å²) < 4.78 is 18.9. The standard InChI is InChI=1S/C27H31NO4/c1-25-22(29)11-13-27(31-3)21-17-19-9-10-20(30-2)24(32-25)23(19)26(25,27)14-16-28(21)15-12-18-7-5-4-6-8-18/h4-10,21H,11-17H2,1-3H3/t21-,25?,26+,27-/m1/s1. The average Bonchev–Trinajstić information content (AvgIpc) is 3.10. The molecule has 0 radical (unpaired) electrons. The van der Waals surface area contributed by atoms with Crippen molar-refractivity contribution in [3.8, 4) is 11.5 Å². The number of ketones is 1. The van der Waals surface area contributed by atoms with Crippen molar-refractivity contribution in [1.82, 2.24) is 4.90 Å². The highest BCUT2D eigenvalue weighted by Gasteiger charge is 2.78. The Kier molecular flexibility index (Phi) is 4.31. The highest BCUT2D eigenvalue weighted by atomic mass is 16.5. The molecule has 168 valence electrons. The van der Waals surface area contributed by atoms with Gasteiger partial charge in [-0.2, -0.15) is 0 Å². The van der Waals surface area contributed by atoms with E-state index in [-0.39, 0.29) is 11.8 Å². The van der Waals surface area contributed by atoms with E-state index in [9.17, 15) is 4.79 Å². The van der Waals surface area contributed by atoms with Gasteiger partial charge in [0.25, 0.3) is 0 Å². The fourth-order valence-corrected chi connectivity index (χ4v) is 7.58. The van der Waals surface area contributed by atoms with Crippen LogP contribution in [0.1, 0.15) is 42.9 Å². The van der Waals surface area contributed by atoms with Gasteiger partial charge >= 0.3 is 0 Å². The molecule has 2 aromatic rings. The van der Waals surface area contributed by atoms with Gasteiger partial charge in [-0.05, 0) is 56.3 Å². The first-order valence-electron chi connectivity index (χ1n) is 11.8. The topological polar surface area (TPSA) is 48.0 Å². The minimum Gasteiger partial charge on any atom is -0.493 e. The van der Waals surface area contributed by atoms with E-state index in [2.05, 4.69) is 41.3 Å². The lowest BCUT2D eigenvalue weighted by Crippen LogP contribution is -2.80. The highest BCUT2D eigenvalue weighted by molar-refractivity contribution is 5.94. The predicted octanol–water partition coefficient (Wildman–Crippen LogP) is 3.71. The van der Waals surface area contributed by atoms with Gasteiger partial charge in [0.2, 0.25) is 0 Å². The van der Waals surface area contributed by atoms with Crippen LogP contribution in [0, 0.1) is 0 Å². The number of methoxy groups -OCH3 is 2. The van der Waals surface area contributed by atoms with Crippen molar-refractivity contribution in [1.29, 1.82) is 0 Å². The number of rotatable bonds is 5. The van der Waals surface area contributed by atoms with Gasteiger partial charge in [0, 0.05) is 31.7 Å². The van der Waals surface area contributed by atoms with Crippen LogP contribution in [0.4, 0.5) is 0 Å². The summed E-state index contributed by atoms with van der Waals surface area (Å²) in [5.74, 6) is 1.67. The van der Waals surface area contributed by atoms with Crippen molar-refractivity contribution in [2.45, 2.75) is 61.7 Å². The van der Waals surface area contributed by atoms with Gasteiger partial charge in [-0.3, -0.25) is 9.69 Å². The Hall–Kier alpha value is -2.37. The van der Waals surface area contributed by atoms with Crippen molar-refractivity contribution in [2.75, 3.05) is 27.3 Å². The molecule has 0 N–H and O–H groups in total. The minimum absolute atomic E-state index is 0.188. The molecule has 1 spiro atoms. The molecule has 1 saturated carbocycles. The number of piperidine rings is 1. The Labute approximate surface area is 189 Å². The fraction of sp³-hybridized carbons (Fsp3) is 0.519. The van der Waals surface area contributed by atoms with E-state index >= 15 is 0 Å². The summed E-state index contributed by atoms with van der Waals surface area (Å²) in [6.07, 6.45) is 3.99. The smallest absolute Gasteiger partial charge is 0.177 e. The van der Waals surface area contributed by atoms with E-state index in [0.29, 0.717) is 6.42 Å². The average molecular weight is 434 g/mol. The second kappa shape index (κ2) is 6.82. The van der Waals surface area contributed by atoms with E-state index in [4.69, 9.17) is 14.2 Å². The number of ether oxygens (including phenoxy) is 3. The largest absolute Gasteiger partial charge is 0.493 e. The molecule has 2 heterocycles. The molecule has 0 amide bonds. The molecule has 0 aromatic heterocycles. The van der Waals surface area contributed by atoms with Crippen LogP contribution in [0.2, 0.25) is 0 Å². The molecule has 5 nitrogen and oxygen atoms in total. The number of nitrogens with zero attached hydrogens (tertiary/aromatic N) is 1. The monoisotopic (exact) mass is 433 g/mol. The maximum Gasteiger partial charge on any atom is 0.177 e. The lowest BCUT2D eigenvalue weighted by Gasteiger charge is -2.66. The van der Waals surface area contributed by atoms with Crippen LogP contribution < -0.4 is 9.47 Å². The van der Waals surface area contributed by atoms with Crippen molar-refractivity contribution in [3.63, 3.8) is 0 Å². The molecule has 2 fully saturated rings. The number of likely N-dealkylation sites (tertiary alicyclic amines) is 1. The molecule has 4 atom stereocenters. The van der Waals surface area contributed by atoms with E-state index in [1.165, 1.54) is 16.7 Å². The second-order valence-electron chi connectivity index (χ2n) is 9.93. The van der Waals surface area contributed by atoms with Crippen LogP contribution >= 0.6 is 0 Å². The Morgan fingerprint density at radius 2 is 1.94 bits per heavy atom. The van der Waals surface area contributed by atoms with Gasteiger partial charge in [-0.15, -0.1) is 0 Å². The zero-order chi connectivity index (χ0) is 22.1. The SMILES string of the molecule is COc1ccc2c3c1OC1(C)C(=O)CC[C@@]4(OC)[C@@H](C2)N(CCc2ccccc2)CC[C@]314. The molecule has 1 saturated heterocycles. The van der Waals surface area contributed by atoms with Crippen molar-refractivity contribution in [3.05, 3.63) is 59.2 Å². The van der Waals surface area contributed by atoms with Gasteiger partial charge in [0.1, 0.15) is 0 Å².